The van der Waals surface area contributed by atoms with Gasteiger partial charge in [0.2, 0.25) is 0 Å². The molecule has 122 valence electrons. The van der Waals surface area contributed by atoms with Crippen molar-refractivity contribution in [1.29, 1.82) is 5.26 Å². The van der Waals surface area contributed by atoms with E-state index < -0.39 is 0 Å². The first kappa shape index (κ1) is 16.0. The Balaban J connectivity index is 1.80. The van der Waals surface area contributed by atoms with Gasteiger partial charge in [0.05, 0.1) is 23.2 Å². The fraction of sp³-hybridized carbons (Fsp3) is 0.316. The van der Waals surface area contributed by atoms with Gasteiger partial charge in [0, 0.05) is 18.4 Å². The summed E-state index contributed by atoms with van der Waals surface area (Å²) in [5.41, 5.74) is 2.68. The summed E-state index contributed by atoms with van der Waals surface area (Å²) in [4.78, 5) is 24.6. The molecule has 24 heavy (non-hydrogen) atoms. The number of carbonyl (C=O) groups excluding carboxylic acids is 2. The van der Waals surface area contributed by atoms with Crippen molar-refractivity contribution in [1.82, 2.24) is 5.32 Å². The minimum absolute atomic E-state index is 0.0525. The molecule has 0 radical (unpaired) electrons. The van der Waals surface area contributed by atoms with Crippen LogP contribution < -0.4 is 5.32 Å². The monoisotopic (exact) mass is 322 g/mol. The van der Waals surface area contributed by atoms with Gasteiger partial charge in [-0.2, -0.15) is 5.26 Å². The highest BCUT2D eigenvalue weighted by Gasteiger charge is 2.29. The van der Waals surface area contributed by atoms with E-state index in [1.54, 1.807) is 19.1 Å². The third kappa shape index (κ3) is 2.83. The zero-order valence-corrected chi connectivity index (χ0v) is 13.7. The van der Waals surface area contributed by atoms with E-state index in [1.165, 1.54) is 0 Å². The van der Waals surface area contributed by atoms with Crippen molar-refractivity contribution in [2.45, 2.75) is 39.2 Å². The first-order valence-electron chi connectivity index (χ1n) is 7.97. The number of ketones is 1. The fourth-order valence-electron chi connectivity index (χ4n) is 3.06. The van der Waals surface area contributed by atoms with Crippen LogP contribution in [0.25, 0.3) is 0 Å². The molecule has 1 aromatic carbocycles. The van der Waals surface area contributed by atoms with Crippen LogP contribution in [0.15, 0.2) is 28.7 Å². The zero-order chi connectivity index (χ0) is 17.3. The summed E-state index contributed by atoms with van der Waals surface area (Å²) in [7, 11) is 0. The van der Waals surface area contributed by atoms with E-state index in [2.05, 4.69) is 11.4 Å². The van der Waals surface area contributed by atoms with Crippen LogP contribution in [0.3, 0.4) is 0 Å². The van der Waals surface area contributed by atoms with Gasteiger partial charge in [0.1, 0.15) is 5.76 Å². The van der Waals surface area contributed by atoms with Crippen LogP contribution in [0.2, 0.25) is 0 Å². The van der Waals surface area contributed by atoms with E-state index in [1.807, 2.05) is 19.1 Å². The molecule has 1 N–H and O–H groups in total. The van der Waals surface area contributed by atoms with Gasteiger partial charge < -0.3 is 9.73 Å². The Morgan fingerprint density at radius 3 is 2.62 bits per heavy atom. The number of nitrogens with zero attached hydrogens (tertiary/aromatic N) is 1. The van der Waals surface area contributed by atoms with Crippen LogP contribution in [0.5, 0.6) is 0 Å². The van der Waals surface area contributed by atoms with Crippen LogP contribution in [-0.4, -0.2) is 11.7 Å². The topological polar surface area (TPSA) is 83.1 Å². The average Bonchev–Trinajstić information content (AvgIpc) is 2.93. The second-order valence-electron chi connectivity index (χ2n) is 6.06. The summed E-state index contributed by atoms with van der Waals surface area (Å²) < 4.78 is 5.67. The highest BCUT2D eigenvalue weighted by Crippen LogP contribution is 2.29. The molecule has 2 aromatic rings. The molecule has 0 unspecified atom stereocenters. The van der Waals surface area contributed by atoms with Crippen LogP contribution in [0.1, 0.15) is 69.2 Å². The number of Topliss-reactive ketones (excluding diaryl/α,β-unsaturated/α-hetero) is 1. The number of rotatable bonds is 3. The van der Waals surface area contributed by atoms with Crippen molar-refractivity contribution < 1.29 is 14.0 Å². The molecule has 0 fully saturated rings. The van der Waals surface area contributed by atoms with E-state index in [9.17, 15) is 9.59 Å². The number of fused-ring (bicyclic) bond motifs is 1. The quantitative estimate of drug-likeness (QED) is 0.938. The van der Waals surface area contributed by atoms with E-state index in [0.29, 0.717) is 35.3 Å². The molecule has 3 rings (SSSR count). The highest BCUT2D eigenvalue weighted by atomic mass is 16.4. The SMILES string of the molecule is Cc1c(C(=O)N[C@H](C)c2ccc(C#N)cc2)oc2c1C(=O)CCC2. The molecule has 1 heterocycles. The van der Waals surface area contributed by atoms with Crippen LogP contribution in [0.4, 0.5) is 0 Å². The predicted octanol–water partition coefficient (Wildman–Crippen LogP) is 3.47. The summed E-state index contributed by atoms with van der Waals surface area (Å²) in [6.45, 7) is 3.62. The Morgan fingerprint density at radius 2 is 2.00 bits per heavy atom. The van der Waals surface area contributed by atoms with Gasteiger partial charge in [0.15, 0.2) is 11.5 Å². The molecule has 0 aliphatic heterocycles. The third-order valence-corrected chi connectivity index (χ3v) is 4.40. The van der Waals surface area contributed by atoms with Crippen molar-refractivity contribution in [3.8, 4) is 6.07 Å². The summed E-state index contributed by atoms with van der Waals surface area (Å²) in [5.74, 6) is 0.568. The minimum Gasteiger partial charge on any atom is -0.455 e. The molecule has 1 atom stereocenters. The summed E-state index contributed by atoms with van der Waals surface area (Å²) in [6, 6.07) is 8.89. The molecule has 0 saturated carbocycles. The highest BCUT2D eigenvalue weighted by molar-refractivity contribution is 6.03. The van der Waals surface area contributed by atoms with Gasteiger partial charge in [0.25, 0.3) is 5.91 Å². The summed E-state index contributed by atoms with van der Waals surface area (Å²) in [5, 5.41) is 11.7. The maximum absolute atomic E-state index is 12.5. The average molecular weight is 322 g/mol. The lowest BCUT2D eigenvalue weighted by molar-refractivity contribution is 0.0906. The van der Waals surface area contributed by atoms with Gasteiger partial charge in [-0.1, -0.05) is 12.1 Å². The maximum Gasteiger partial charge on any atom is 0.287 e. The third-order valence-electron chi connectivity index (χ3n) is 4.40. The van der Waals surface area contributed by atoms with Crippen molar-refractivity contribution in [2.75, 3.05) is 0 Å². The van der Waals surface area contributed by atoms with Crippen LogP contribution >= 0.6 is 0 Å². The van der Waals surface area contributed by atoms with Crippen molar-refractivity contribution >= 4 is 11.7 Å². The van der Waals surface area contributed by atoms with Gasteiger partial charge >= 0.3 is 0 Å². The number of nitrogens with one attached hydrogen (secondary N) is 1. The maximum atomic E-state index is 12.5. The molecule has 0 spiro atoms. The summed E-state index contributed by atoms with van der Waals surface area (Å²) >= 11 is 0. The molecule has 1 aromatic heterocycles. The number of hydrogen-bond acceptors (Lipinski definition) is 4. The van der Waals surface area contributed by atoms with E-state index in [4.69, 9.17) is 9.68 Å². The van der Waals surface area contributed by atoms with Gasteiger partial charge in [-0.25, -0.2) is 0 Å². The molecule has 1 amide bonds. The summed E-state index contributed by atoms with van der Waals surface area (Å²) in [6.07, 6.45) is 1.97. The van der Waals surface area contributed by atoms with E-state index >= 15 is 0 Å². The molecular weight excluding hydrogens is 304 g/mol. The number of amides is 1. The second kappa shape index (κ2) is 6.32. The van der Waals surface area contributed by atoms with Crippen molar-refractivity contribution in [3.05, 3.63) is 58.0 Å². The molecule has 0 saturated heterocycles. The molecule has 1 aliphatic rings. The lowest BCUT2D eigenvalue weighted by Gasteiger charge is -2.13. The Morgan fingerprint density at radius 1 is 1.29 bits per heavy atom. The Bertz CT molecular complexity index is 841. The van der Waals surface area contributed by atoms with Crippen molar-refractivity contribution in [2.24, 2.45) is 0 Å². The molecule has 1 aliphatic carbocycles. The normalized spacial score (nSPS) is 14.6. The number of carbonyl (C=O) groups is 2. The lowest BCUT2D eigenvalue weighted by atomic mass is 9.94. The van der Waals surface area contributed by atoms with E-state index in [-0.39, 0.29) is 23.5 Å². The zero-order valence-electron chi connectivity index (χ0n) is 13.7. The number of benzene rings is 1. The first-order chi connectivity index (χ1) is 11.5. The van der Waals surface area contributed by atoms with Gasteiger partial charge in [-0.05, 0) is 38.0 Å². The minimum atomic E-state index is -0.327. The van der Waals surface area contributed by atoms with Crippen LogP contribution in [-0.2, 0) is 6.42 Å². The standard InChI is InChI=1S/C19H18N2O3/c1-11-17-15(22)4-3-5-16(17)24-18(11)19(23)21-12(2)14-8-6-13(10-20)7-9-14/h6-9,12H,3-5H2,1-2H3,(H,21,23)/t12-/m1/s1. The van der Waals surface area contributed by atoms with Crippen LogP contribution in [0, 0.1) is 18.3 Å². The number of nitriles is 1. The molecule has 5 nitrogen and oxygen atoms in total. The van der Waals surface area contributed by atoms with Gasteiger partial charge in [-0.15, -0.1) is 0 Å². The fourth-order valence-corrected chi connectivity index (χ4v) is 3.06. The largest absolute Gasteiger partial charge is 0.455 e. The predicted molar refractivity (Wildman–Crippen MR) is 87.8 cm³/mol. The molecule has 5 heteroatoms. The van der Waals surface area contributed by atoms with E-state index in [0.717, 1.165) is 12.0 Å². The Kier molecular flexibility index (Phi) is 4.22. The lowest BCUT2D eigenvalue weighted by Crippen LogP contribution is -2.26. The molecule has 0 bridgehead atoms. The smallest absolute Gasteiger partial charge is 0.287 e. The number of furan rings is 1. The van der Waals surface area contributed by atoms with Crippen molar-refractivity contribution in [3.63, 3.8) is 0 Å². The first-order valence-corrected chi connectivity index (χ1v) is 7.97. The Labute approximate surface area is 140 Å². The second-order valence-corrected chi connectivity index (χ2v) is 6.06. The Hall–Kier alpha value is -2.87. The number of aryl methyl sites for hydroxylation is 1. The van der Waals surface area contributed by atoms with Gasteiger partial charge in [-0.3, -0.25) is 9.59 Å². The molecular formula is C19H18N2O3. The number of hydrogen-bond donors (Lipinski definition) is 1.